The number of amides is 1. The van der Waals surface area contributed by atoms with Crippen molar-refractivity contribution in [2.75, 3.05) is 26.4 Å². The number of carbonyl (C=O) groups excluding carboxylic acids is 1. The van der Waals surface area contributed by atoms with Crippen LogP contribution in [0.3, 0.4) is 0 Å². The molecule has 6 heteroatoms. The number of ether oxygens (including phenoxy) is 2. The lowest BCUT2D eigenvalue weighted by atomic mass is 10.2. The second-order valence-electron chi connectivity index (χ2n) is 4.30. The summed E-state index contributed by atoms with van der Waals surface area (Å²) in [6.07, 6.45) is 0.681. The molecule has 1 aliphatic heterocycles. The molecule has 1 amide bonds. The van der Waals surface area contributed by atoms with E-state index in [1.165, 1.54) is 4.90 Å². The SMILES string of the molecule is CCOC1CC1C(=O)N1CCOCC1C(=O)O. The zero-order valence-electron chi connectivity index (χ0n) is 9.80. The fourth-order valence-corrected chi connectivity index (χ4v) is 2.11. The van der Waals surface area contributed by atoms with Gasteiger partial charge in [-0.15, -0.1) is 0 Å². The maximum atomic E-state index is 12.1. The first-order valence-electron chi connectivity index (χ1n) is 5.87. The van der Waals surface area contributed by atoms with Crippen LogP contribution < -0.4 is 0 Å². The summed E-state index contributed by atoms with van der Waals surface area (Å²) in [5.41, 5.74) is 0. The van der Waals surface area contributed by atoms with Crippen molar-refractivity contribution in [3.8, 4) is 0 Å². The largest absolute Gasteiger partial charge is 0.480 e. The summed E-state index contributed by atoms with van der Waals surface area (Å²) in [7, 11) is 0. The number of carboxylic acid groups (broad SMARTS) is 1. The van der Waals surface area contributed by atoms with Gasteiger partial charge in [-0.2, -0.15) is 0 Å². The Balaban J connectivity index is 1.95. The predicted molar refractivity (Wildman–Crippen MR) is 57.5 cm³/mol. The van der Waals surface area contributed by atoms with Gasteiger partial charge in [0.25, 0.3) is 0 Å². The van der Waals surface area contributed by atoms with Crippen LogP contribution in [0, 0.1) is 5.92 Å². The number of carbonyl (C=O) groups is 2. The topological polar surface area (TPSA) is 76.1 Å². The molecule has 1 saturated carbocycles. The first-order chi connectivity index (χ1) is 8.15. The molecule has 1 saturated heterocycles. The van der Waals surface area contributed by atoms with Crippen molar-refractivity contribution in [2.45, 2.75) is 25.5 Å². The van der Waals surface area contributed by atoms with E-state index in [0.717, 1.165) is 0 Å². The van der Waals surface area contributed by atoms with Crippen molar-refractivity contribution < 1.29 is 24.2 Å². The number of morpholine rings is 1. The second-order valence-corrected chi connectivity index (χ2v) is 4.30. The Hall–Kier alpha value is -1.14. The highest BCUT2D eigenvalue weighted by Gasteiger charge is 2.48. The fraction of sp³-hybridized carbons (Fsp3) is 0.818. The highest BCUT2D eigenvalue weighted by atomic mass is 16.5. The van der Waals surface area contributed by atoms with Gasteiger partial charge >= 0.3 is 5.97 Å². The molecule has 2 aliphatic rings. The van der Waals surface area contributed by atoms with Gasteiger partial charge in [-0.05, 0) is 13.3 Å². The maximum absolute atomic E-state index is 12.1. The van der Waals surface area contributed by atoms with Crippen molar-refractivity contribution in [2.24, 2.45) is 5.92 Å². The molecular formula is C11H17NO5. The Labute approximate surface area is 99.5 Å². The van der Waals surface area contributed by atoms with Gasteiger partial charge in [-0.3, -0.25) is 4.79 Å². The average Bonchev–Trinajstić information content (AvgIpc) is 3.08. The van der Waals surface area contributed by atoms with Gasteiger partial charge in [0.05, 0.1) is 25.2 Å². The molecule has 1 heterocycles. The first-order valence-corrected chi connectivity index (χ1v) is 5.87. The molecule has 0 aromatic heterocycles. The van der Waals surface area contributed by atoms with Crippen LogP contribution in [-0.2, 0) is 19.1 Å². The zero-order chi connectivity index (χ0) is 12.4. The molecule has 1 aliphatic carbocycles. The van der Waals surface area contributed by atoms with Crippen LogP contribution in [-0.4, -0.2) is 60.4 Å². The molecule has 0 aromatic carbocycles. The summed E-state index contributed by atoms with van der Waals surface area (Å²) in [5, 5.41) is 9.02. The second kappa shape index (κ2) is 5.01. The van der Waals surface area contributed by atoms with E-state index in [-0.39, 0.29) is 24.5 Å². The van der Waals surface area contributed by atoms with Crippen molar-refractivity contribution in [3.63, 3.8) is 0 Å². The van der Waals surface area contributed by atoms with Gasteiger partial charge in [-0.25, -0.2) is 4.79 Å². The van der Waals surface area contributed by atoms with Gasteiger partial charge in [0.2, 0.25) is 5.91 Å². The number of aliphatic carboxylic acids is 1. The Bertz CT molecular complexity index is 319. The standard InChI is InChI=1S/C11H17NO5/c1-2-17-9-5-7(9)10(13)12-3-4-16-6-8(12)11(14)15/h7-9H,2-6H2,1H3,(H,14,15). The van der Waals surface area contributed by atoms with E-state index in [9.17, 15) is 9.59 Å². The molecule has 0 spiro atoms. The van der Waals surface area contributed by atoms with Gasteiger partial charge in [0.15, 0.2) is 6.04 Å². The minimum absolute atomic E-state index is 0.0233. The van der Waals surface area contributed by atoms with Crippen LogP contribution >= 0.6 is 0 Å². The van der Waals surface area contributed by atoms with Crippen LogP contribution in [0.1, 0.15) is 13.3 Å². The van der Waals surface area contributed by atoms with E-state index in [1.54, 1.807) is 0 Å². The molecule has 1 N–H and O–H groups in total. The zero-order valence-corrected chi connectivity index (χ0v) is 9.80. The summed E-state index contributed by atoms with van der Waals surface area (Å²) in [4.78, 5) is 24.5. The molecule has 96 valence electrons. The molecule has 2 fully saturated rings. The Morgan fingerprint density at radius 3 is 2.94 bits per heavy atom. The predicted octanol–water partition coefficient (Wildman–Crippen LogP) is -0.277. The van der Waals surface area contributed by atoms with E-state index >= 15 is 0 Å². The number of nitrogens with zero attached hydrogens (tertiary/aromatic N) is 1. The molecule has 2 rings (SSSR count). The molecule has 0 aromatic rings. The molecule has 0 radical (unpaired) electrons. The summed E-state index contributed by atoms with van der Waals surface area (Å²) >= 11 is 0. The highest BCUT2D eigenvalue weighted by molar-refractivity contribution is 5.87. The third kappa shape index (κ3) is 2.58. The smallest absolute Gasteiger partial charge is 0.328 e. The third-order valence-corrected chi connectivity index (χ3v) is 3.13. The van der Waals surface area contributed by atoms with E-state index in [1.807, 2.05) is 6.92 Å². The molecular weight excluding hydrogens is 226 g/mol. The highest BCUT2D eigenvalue weighted by Crippen LogP contribution is 2.36. The minimum atomic E-state index is -1.01. The van der Waals surface area contributed by atoms with Crippen molar-refractivity contribution >= 4 is 11.9 Å². The van der Waals surface area contributed by atoms with Crippen LogP contribution in [0.2, 0.25) is 0 Å². The Morgan fingerprint density at radius 2 is 2.29 bits per heavy atom. The van der Waals surface area contributed by atoms with Gasteiger partial charge < -0.3 is 19.5 Å². The first kappa shape index (κ1) is 12.3. The molecule has 6 nitrogen and oxygen atoms in total. The van der Waals surface area contributed by atoms with Crippen molar-refractivity contribution in [1.29, 1.82) is 0 Å². The Morgan fingerprint density at radius 1 is 1.53 bits per heavy atom. The summed E-state index contributed by atoms with van der Waals surface area (Å²) in [5.74, 6) is -1.28. The van der Waals surface area contributed by atoms with E-state index < -0.39 is 12.0 Å². The number of hydrogen-bond acceptors (Lipinski definition) is 4. The van der Waals surface area contributed by atoms with E-state index in [0.29, 0.717) is 26.2 Å². The van der Waals surface area contributed by atoms with Crippen LogP contribution in [0.25, 0.3) is 0 Å². The quantitative estimate of drug-likeness (QED) is 0.735. The maximum Gasteiger partial charge on any atom is 0.328 e. The number of rotatable bonds is 4. The molecule has 0 bridgehead atoms. The minimum Gasteiger partial charge on any atom is -0.480 e. The molecule has 17 heavy (non-hydrogen) atoms. The number of carboxylic acids is 1. The van der Waals surface area contributed by atoms with Crippen LogP contribution in [0.5, 0.6) is 0 Å². The van der Waals surface area contributed by atoms with E-state index in [4.69, 9.17) is 14.6 Å². The monoisotopic (exact) mass is 243 g/mol. The van der Waals surface area contributed by atoms with Gasteiger partial charge in [0, 0.05) is 13.2 Å². The van der Waals surface area contributed by atoms with Crippen LogP contribution in [0.4, 0.5) is 0 Å². The van der Waals surface area contributed by atoms with Crippen LogP contribution in [0.15, 0.2) is 0 Å². The summed E-state index contributed by atoms with van der Waals surface area (Å²) < 4.78 is 10.4. The lowest BCUT2D eigenvalue weighted by Crippen LogP contribution is -2.53. The average molecular weight is 243 g/mol. The van der Waals surface area contributed by atoms with Gasteiger partial charge in [-0.1, -0.05) is 0 Å². The van der Waals surface area contributed by atoms with Gasteiger partial charge in [0.1, 0.15) is 0 Å². The Kier molecular flexibility index (Phi) is 3.63. The molecule has 3 atom stereocenters. The lowest BCUT2D eigenvalue weighted by molar-refractivity contribution is -0.159. The summed E-state index contributed by atoms with van der Waals surface area (Å²) in [6.45, 7) is 3.30. The summed E-state index contributed by atoms with van der Waals surface area (Å²) in [6, 6.07) is -0.848. The normalized spacial score (nSPS) is 32.3. The number of hydrogen-bond donors (Lipinski definition) is 1. The van der Waals surface area contributed by atoms with Crippen molar-refractivity contribution in [1.82, 2.24) is 4.90 Å². The van der Waals surface area contributed by atoms with E-state index in [2.05, 4.69) is 0 Å². The van der Waals surface area contributed by atoms with Crippen molar-refractivity contribution in [3.05, 3.63) is 0 Å². The third-order valence-electron chi connectivity index (χ3n) is 3.13. The molecule has 3 unspecified atom stereocenters. The fourth-order valence-electron chi connectivity index (χ4n) is 2.11. The lowest BCUT2D eigenvalue weighted by Gasteiger charge is -2.33.